The zero-order valence-corrected chi connectivity index (χ0v) is 11.8. The third-order valence-corrected chi connectivity index (χ3v) is 3.56. The van der Waals surface area contributed by atoms with Crippen LogP contribution in [-0.4, -0.2) is 18.4 Å². The molecule has 0 radical (unpaired) electrons. The van der Waals surface area contributed by atoms with Crippen molar-refractivity contribution < 1.29 is 18.7 Å². The third-order valence-electron chi connectivity index (χ3n) is 3.56. The summed E-state index contributed by atoms with van der Waals surface area (Å²) in [6, 6.07) is 2.69. The van der Waals surface area contributed by atoms with Gasteiger partial charge >= 0.3 is 0 Å². The number of hydrogen-bond donors (Lipinski definition) is 1. The van der Waals surface area contributed by atoms with E-state index in [1.54, 1.807) is 0 Å². The Morgan fingerprint density at radius 1 is 1.41 bits per heavy atom. The topological polar surface area (TPSA) is 72.3 Å². The standard InChI is InChI=1S/C15H14FN3O3/c1-2-3-7-15(18-19-15)8-6-12(20)17-13-10(16)4-5-11-14(13)22-9-21-11/h1,4-5H,3,6-9H2,(H,17,20). The van der Waals surface area contributed by atoms with E-state index in [9.17, 15) is 9.18 Å². The average molecular weight is 303 g/mol. The fourth-order valence-corrected chi connectivity index (χ4v) is 2.25. The van der Waals surface area contributed by atoms with E-state index >= 15 is 0 Å². The molecule has 1 aromatic rings. The molecule has 2 aliphatic heterocycles. The highest BCUT2D eigenvalue weighted by Crippen LogP contribution is 2.41. The van der Waals surface area contributed by atoms with Crippen LogP contribution in [0.2, 0.25) is 0 Å². The SMILES string of the molecule is C#CCCC1(CCC(=O)Nc2c(F)ccc3c2OCO3)N=N1. The maximum atomic E-state index is 13.8. The largest absolute Gasteiger partial charge is 0.454 e. The summed E-state index contributed by atoms with van der Waals surface area (Å²) in [6.07, 6.45) is 7.02. The van der Waals surface area contributed by atoms with Crippen LogP contribution in [0.25, 0.3) is 0 Å². The number of carbonyl (C=O) groups excluding carboxylic acids is 1. The van der Waals surface area contributed by atoms with E-state index in [-0.39, 0.29) is 30.6 Å². The fourth-order valence-electron chi connectivity index (χ4n) is 2.25. The number of amides is 1. The van der Waals surface area contributed by atoms with E-state index in [4.69, 9.17) is 15.9 Å². The molecule has 2 heterocycles. The molecule has 1 aromatic carbocycles. The van der Waals surface area contributed by atoms with Crippen LogP contribution in [0.3, 0.4) is 0 Å². The smallest absolute Gasteiger partial charge is 0.231 e. The molecule has 0 aromatic heterocycles. The Hall–Kier alpha value is -2.62. The first kappa shape index (κ1) is 14.3. The van der Waals surface area contributed by atoms with Crippen molar-refractivity contribution >= 4 is 11.6 Å². The molecule has 3 rings (SSSR count). The molecule has 1 amide bonds. The molecule has 0 unspecified atom stereocenters. The zero-order chi connectivity index (χ0) is 15.6. The molecule has 22 heavy (non-hydrogen) atoms. The Bertz CT molecular complexity index is 675. The number of terminal acetylenes is 1. The van der Waals surface area contributed by atoms with Gasteiger partial charge in [-0.1, -0.05) is 0 Å². The number of anilines is 1. The summed E-state index contributed by atoms with van der Waals surface area (Å²) in [4.78, 5) is 12.0. The van der Waals surface area contributed by atoms with E-state index in [0.717, 1.165) is 0 Å². The number of rotatable bonds is 6. The monoisotopic (exact) mass is 303 g/mol. The van der Waals surface area contributed by atoms with Crippen LogP contribution in [0.5, 0.6) is 11.5 Å². The van der Waals surface area contributed by atoms with E-state index < -0.39 is 11.5 Å². The second-order valence-electron chi connectivity index (χ2n) is 5.09. The van der Waals surface area contributed by atoms with Crippen LogP contribution in [0.4, 0.5) is 10.1 Å². The zero-order valence-electron chi connectivity index (χ0n) is 11.8. The highest BCUT2D eigenvalue weighted by molar-refractivity contribution is 5.93. The number of nitrogens with one attached hydrogen (secondary N) is 1. The van der Waals surface area contributed by atoms with Crippen LogP contribution >= 0.6 is 0 Å². The Kier molecular flexibility index (Phi) is 3.67. The van der Waals surface area contributed by atoms with Crippen LogP contribution in [-0.2, 0) is 4.79 Å². The molecule has 0 atom stereocenters. The lowest BCUT2D eigenvalue weighted by Gasteiger charge is -2.11. The van der Waals surface area contributed by atoms with Crippen LogP contribution in [0, 0.1) is 18.2 Å². The van der Waals surface area contributed by atoms with Crippen molar-refractivity contribution in [2.24, 2.45) is 10.2 Å². The summed E-state index contributed by atoms with van der Waals surface area (Å²) in [5.74, 6) is 2.25. The Morgan fingerprint density at radius 3 is 2.95 bits per heavy atom. The van der Waals surface area contributed by atoms with Crippen molar-refractivity contribution in [3.8, 4) is 23.8 Å². The minimum Gasteiger partial charge on any atom is -0.454 e. The van der Waals surface area contributed by atoms with Gasteiger partial charge in [0.1, 0.15) is 5.69 Å². The van der Waals surface area contributed by atoms with Gasteiger partial charge in [-0.2, -0.15) is 10.2 Å². The van der Waals surface area contributed by atoms with Gasteiger partial charge in [-0.05, 0) is 12.1 Å². The first-order chi connectivity index (χ1) is 10.6. The molecular weight excluding hydrogens is 289 g/mol. The highest BCUT2D eigenvalue weighted by atomic mass is 19.1. The van der Waals surface area contributed by atoms with Crippen molar-refractivity contribution in [3.63, 3.8) is 0 Å². The van der Waals surface area contributed by atoms with Crippen LogP contribution in [0.15, 0.2) is 22.4 Å². The van der Waals surface area contributed by atoms with Crippen LogP contribution < -0.4 is 14.8 Å². The minimum absolute atomic E-state index is 0.00218. The maximum Gasteiger partial charge on any atom is 0.231 e. The second kappa shape index (κ2) is 5.64. The summed E-state index contributed by atoms with van der Waals surface area (Å²) < 4.78 is 24.2. The van der Waals surface area contributed by atoms with E-state index in [2.05, 4.69) is 21.5 Å². The minimum atomic E-state index is -0.569. The summed E-state index contributed by atoms with van der Waals surface area (Å²) >= 11 is 0. The van der Waals surface area contributed by atoms with Gasteiger partial charge in [0.25, 0.3) is 0 Å². The van der Waals surface area contributed by atoms with Gasteiger partial charge in [-0.3, -0.25) is 4.79 Å². The quantitative estimate of drug-likeness (QED) is 0.821. The molecule has 114 valence electrons. The molecule has 0 saturated carbocycles. The average Bonchev–Trinajstić information content (AvgIpc) is 3.13. The lowest BCUT2D eigenvalue weighted by atomic mass is 10.0. The number of nitrogens with zero attached hydrogens (tertiary/aromatic N) is 2. The van der Waals surface area contributed by atoms with Gasteiger partial charge in [0.05, 0.1) is 0 Å². The third kappa shape index (κ3) is 2.86. The number of hydrogen-bond acceptors (Lipinski definition) is 5. The van der Waals surface area contributed by atoms with Gasteiger partial charge in [0.2, 0.25) is 12.7 Å². The number of carbonyl (C=O) groups is 1. The van der Waals surface area contributed by atoms with E-state index in [1.807, 2.05) is 0 Å². The van der Waals surface area contributed by atoms with Crippen molar-refractivity contribution in [1.82, 2.24) is 0 Å². The Morgan fingerprint density at radius 2 is 2.23 bits per heavy atom. The molecular formula is C15H14FN3O3. The molecule has 6 nitrogen and oxygen atoms in total. The van der Waals surface area contributed by atoms with Gasteiger partial charge in [-0.15, -0.1) is 12.3 Å². The van der Waals surface area contributed by atoms with Crippen molar-refractivity contribution in [2.45, 2.75) is 31.3 Å². The molecule has 0 saturated heterocycles. The van der Waals surface area contributed by atoms with Gasteiger partial charge in [-0.25, -0.2) is 4.39 Å². The molecule has 0 aliphatic carbocycles. The second-order valence-corrected chi connectivity index (χ2v) is 5.09. The fraction of sp³-hybridized carbons (Fsp3) is 0.400. The Balaban J connectivity index is 1.59. The number of halogens is 1. The first-order valence-corrected chi connectivity index (χ1v) is 6.89. The molecule has 0 fully saturated rings. The van der Waals surface area contributed by atoms with Crippen molar-refractivity contribution in [2.75, 3.05) is 12.1 Å². The normalized spacial score (nSPS) is 16.2. The van der Waals surface area contributed by atoms with Gasteiger partial charge < -0.3 is 14.8 Å². The molecule has 0 bridgehead atoms. The maximum absolute atomic E-state index is 13.8. The number of ether oxygens (including phenoxy) is 2. The number of fused-ring (bicyclic) bond motifs is 1. The van der Waals surface area contributed by atoms with Crippen molar-refractivity contribution in [3.05, 3.63) is 17.9 Å². The summed E-state index contributed by atoms with van der Waals surface area (Å²) in [5, 5.41) is 10.4. The predicted octanol–water partition coefficient (Wildman–Crippen LogP) is 2.85. The lowest BCUT2D eigenvalue weighted by molar-refractivity contribution is -0.116. The molecule has 7 heteroatoms. The van der Waals surface area contributed by atoms with Gasteiger partial charge in [0, 0.05) is 25.7 Å². The van der Waals surface area contributed by atoms with Gasteiger partial charge in [0.15, 0.2) is 23.0 Å². The highest BCUT2D eigenvalue weighted by Gasteiger charge is 2.39. The Labute approximate surface area is 126 Å². The molecule has 0 spiro atoms. The molecule has 1 N–H and O–H groups in total. The van der Waals surface area contributed by atoms with E-state index in [0.29, 0.717) is 25.0 Å². The van der Waals surface area contributed by atoms with Crippen LogP contribution in [0.1, 0.15) is 25.7 Å². The van der Waals surface area contributed by atoms with Crippen molar-refractivity contribution in [1.29, 1.82) is 0 Å². The van der Waals surface area contributed by atoms with E-state index in [1.165, 1.54) is 12.1 Å². The first-order valence-electron chi connectivity index (χ1n) is 6.89. The summed E-state index contributed by atoms with van der Waals surface area (Å²) in [5.41, 5.74) is -0.525. The number of benzene rings is 1. The predicted molar refractivity (Wildman–Crippen MR) is 76.0 cm³/mol. The molecule has 2 aliphatic rings. The lowest BCUT2D eigenvalue weighted by Crippen LogP contribution is -2.18. The summed E-state index contributed by atoms with van der Waals surface area (Å²) in [6.45, 7) is 0.00855. The summed E-state index contributed by atoms with van der Waals surface area (Å²) in [7, 11) is 0.